The number of carbonyl (C=O) groups is 1. The molecule has 0 saturated heterocycles. The Labute approximate surface area is 159 Å². The average Bonchev–Trinajstić information content (AvgIpc) is 3.31. The van der Waals surface area contributed by atoms with Crippen molar-refractivity contribution in [2.45, 2.75) is 6.54 Å². The lowest BCUT2D eigenvalue weighted by molar-refractivity contribution is -0.117. The molecule has 0 unspecified atom stereocenters. The van der Waals surface area contributed by atoms with Crippen LogP contribution in [-0.4, -0.2) is 5.91 Å². The molecule has 26 heavy (non-hydrogen) atoms. The fourth-order valence-corrected chi connectivity index (χ4v) is 2.50. The van der Waals surface area contributed by atoms with Gasteiger partial charge in [0.2, 0.25) is 0 Å². The Hall–Kier alpha value is -2.94. The van der Waals surface area contributed by atoms with E-state index in [9.17, 15) is 10.1 Å². The van der Waals surface area contributed by atoms with E-state index in [0.717, 1.165) is 5.56 Å². The normalized spacial score (nSPS) is 11.2. The van der Waals surface area contributed by atoms with Gasteiger partial charge >= 0.3 is 0 Å². The van der Waals surface area contributed by atoms with Gasteiger partial charge in [0.15, 0.2) is 0 Å². The van der Waals surface area contributed by atoms with Crippen LogP contribution in [0.15, 0.2) is 63.1 Å². The zero-order valence-electron chi connectivity index (χ0n) is 13.3. The first-order chi connectivity index (χ1) is 12.6. The van der Waals surface area contributed by atoms with Crippen LogP contribution < -0.4 is 5.32 Å². The first-order valence-electron chi connectivity index (χ1n) is 7.54. The van der Waals surface area contributed by atoms with Crippen molar-refractivity contribution in [3.8, 4) is 17.4 Å². The van der Waals surface area contributed by atoms with Gasteiger partial charge in [0, 0.05) is 11.6 Å². The summed E-state index contributed by atoms with van der Waals surface area (Å²) in [4.78, 5) is 12.1. The molecule has 3 aromatic rings. The quantitative estimate of drug-likeness (QED) is 0.490. The number of benzene rings is 1. The lowest BCUT2D eigenvalue weighted by Gasteiger charge is -2.01. The zero-order chi connectivity index (χ0) is 18.5. The third-order valence-electron chi connectivity index (χ3n) is 3.49. The van der Waals surface area contributed by atoms with Gasteiger partial charge in [0.25, 0.3) is 5.91 Å². The number of amides is 1. The highest BCUT2D eigenvalue weighted by Gasteiger charge is 2.12. The van der Waals surface area contributed by atoms with E-state index in [2.05, 4.69) is 5.32 Å². The lowest BCUT2D eigenvalue weighted by Crippen LogP contribution is -2.23. The summed E-state index contributed by atoms with van der Waals surface area (Å²) < 4.78 is 10.8. The lowest BCUT2D eigenvalue weighted by atomic mass is 10.2. The topological polar surface area (TPSA) is 79.2 Å². The maximum absolute atomic E-state index is 12.1. The molecule has 1 aromatic carbocycles. The molecule has 0 bridgehead atoms. The molecule has 3 rings (SSSR count). The highest BCUT2D eigenvalue weighted by molar-refractivity contribution is 6.42. The number of nitrogens with one attached hydrogen (secondary N) is 1. The highest BCUT2D eigenvalue weighted by atomic mass is 35.5. The molecule has 130 valence electrons. The van der Waals surface area contributed by atoms with Crippen LogP contribution in [0.3, 0.4) is 0 Å². The van der Waals surface area contributed by atoms with Crippen molar-refractivity contribution < 1.29 is 13.6 Å². The van der Waals surface area contributed by atoms with Crippen LogP contribution in [0.1, 0.15) is 11.5 Å². The molecule has 0 fully saturated rings. The number of nitriles is 1. The van der Waals surface area contributed by atoms with E-state index < -0.39 is 5.91 Å². The van der Waals surface area contributed by atoms with Crippen molar-refractivity contribution in [2.24, 2.45) is 0 Å². The minimum Gasteiger partial charge on any atom is -0.467 e. The van der Waals surface area contributed by atoms with Gasteiger partial charge in [-0.2, -0.15) is 5.26 Å². The highest BCUT2D eigenvalue weighted by Crippen LogP contribution is 2.30. The Kier molecular flexibility index (Phi) is 5.47. The molecule has 0 radical (unpaired) electrons. The number of furan rings is 2. The molecule has 0 aliphatic carbocycles. The van der Waals surface area contributed by atoms with E-state index in [1.165, 1.54) is 12.3 Å². The average molecular weight is 387 g/mol. The second-order valence-electron chi connectivity index (χ2n) is 5.26. The SMILES string of the molecule is N#CC(=Cc1ccc(-c2ccc(Cl)c(Cl)c2)o1)C(=O)NCc1ccco1. The Morgan fingerprint density at radius 3 is 2.73 bits per heavy atom. The van der Waals surface area contributed by atoms with Crippen LogP contribution in [0.4, 0.5) is 0 Å². The third kappa shape index (κ3) is 4.17. The summed E-state index contributed by atoms with van der Waals surface area (Å²) in [6, 6.07) is 13.8. The second kappa shape index (κ2) is 7.96. The molecular weight excluding hydrogens is 375 g/mol. The van der Waals surface area contributed by atoms with E-state index in [1.807, 2.05) is 6.07 Å². The van der Waals surface area contributed by atoms with E-state index in [0.29, 0.717) is 27.3 Å². The number of hydrogen-bond donors (Lipinski definition) is 1. The van der Waals surface area contributed by atoms with Gasteiger partial charge in [-0.15, -0.1) is 0 Å². The summed E-state index contributed by atoms with van der Waals surface area (Å²) in [6.45, 7) is 0.192. The standard InChI is InChI=1S/C19H12Cl2N2O3/c20-16-5-3-12(9-17(16)21)18-6-4-14(26-18)8-13(10-22)19(24)23-11-15-2-1-7-25-15/h1-9H,11H2,(H,23,24). The molecule has 0 atom stereocenters. The van der Waals surface area contributed by atoms with Crippen molar-refractivity contribution in [1.29, 1.82) is 5.26 Å². The molecule has 1 amide bonds. The minimum absolute atomic E-state index is 0.0772. The maximum atomic E-state index is 12.1. The molecular formula is C19H12Cl2N2O3. The summed E-state index contributed by atoms with van der Waals surface area (Å²) in [5.74, 6) is 0.991. The first-order valence-corrected chi connectivity index (χ1v) is 8.30. The summed E-state index contributed by atoms with van der Waals surface area (Å²) in [5, 5.41) is 12.7. The van der Waals surface area contributed by atoms with Crippen LogP contribution in [-0.2, 0) is 11.3 Å². The summed E-state index contributed by atoms with van der Waals surface area (Å²) in [6.07, 6.45) is 2.88. The van der Waals surface area contributed by atoms with Crippen LogP contribution in [0, 0.1) is 11.3 Å². The Bertz CT molecular complexity index is 998. The summed E-state index contributed by atoms with van der Waals surface area (Å²) in [7, 11) is 0. The van der Waals surface area contributed by atoms with Gasteiger partial charge in [-0.25, -0.2) is 0 Å². The number of hydrogen-bond acceptors (Lipinski definition) is 4. The van der Waals surface area contributed by atoms with Gasteiger partial charge in [0.1, 0.15) is 28.9 Å². The van der Waals surface area contributed by atoms with Gasteiger partial charge in [-0.1, -0.05) is 23.2 Å². The van der Waals surface area contributed by atoms with Crippen LogP contribution in [0.2, 0.25) is 10.0 Å². The molecule has 0 aliphatic heterocycles. The summed E-state index contributed by atoms with van der Waals surface area (Å²) >= 11 is 11.9. The number of nitrogens with zero attached hydrogens (tertiary/aromatic N) is 1. The van der Waals surface area contributed by atoms with Gasteiger partial charge in [-0.3, -0.25) is 4.79 Å². The van der Waals surface area contributed by atoms with E-state index >= 15 is 0 Å². The molecule has 1 N–H and O–H groups in total. The number of rotatable bonds is 5. The predicted molar refractivity (Wildman–Crippen MR) is 98.3 cm³/mol. The fraction of sp³-hybridized carbons (Fsp3) is 0.0526. The maximum Gasteiger partial charge on any atom is 0.262 e. The Morgan fingerprint density at radius 2 is 2.04 bits per heavy atom. The zero-order valence-corrected chi connectivity index (χ0v) is 14.8. The fourth-order valence-electron chi connectivity index (χ4n) is 2.20. The molecule has 5 nitrogen and oxygen atoms in total. The van der Waals surface area contributed by atoms with Crippen molar-refractivity contribution in [3.63, 3.8) is 0 Å². The van der Waals surface area contributed by atoms with Crippen LogP contribution in [0.25, 0.3) is 17.4 Å². The van der Waals surface area contributed by atoms with Crippen molar-refractivity contribution in [3.05, 3.63) is 75.9 Å². The second-order valence-corrected chi connectivity index (χ2v) is 6.08. The number of carbonyl (C=O) groups excluding carboxylic acids is 1. The van der Waals surface area contributed by atoms with Crippen LogP contribution >= 0.6 is 23.2 Å². The Balaban J connectivity index is 1.75. The van der Waals surface area contributed by atoms with E-state index in [-0.39, 0.29) is 12.1 Å². The van der Waals surface area contributed by atoms with Crippen molar-refractivity contribution in [2.75, 3.05) is 0 Å². The molecule has 0 aliphatic rings. The molecule has 2 heterocycles. The largest absolute Gasteiger partial charge is 0.467 e. The summed E-state index contributed by atoms with van der Waals surface area (Å²) in [5.41, 5.74) is 0.659. The molecule has 7 heteroatoms. The Morgan fingerprint density at radius 1 is 1.19 bits per heavy atom. The van der Waals surface area contributed by atoms with E-state index in [4.69, 9.17) is 32.0 Å². The van der Waals surface area contributed by atoms with Crippen molar-refractivity contribution in [1.82, 2.24) is 5.32 Å². The third-order valence-corrected chi connectivity index (χ3v) is 4.22. The minimum atomic E-state index is -0.517. The smallest absolute Gasteiger partial charge is 0.262 e. The van der Waals surface area contributed by atoms with Crippen LogP contribution in [0.5, 0.6) is 0 Å². The van der Waals surface area contributed by atoms with Crippen molar-refractivity contribution >= 4 is 35.2 Å². The molecule has 0 spiro atoms. The monoisotopic (exact) mass is 386 g/mol. The first kappa shape index (κ1) is 17.9. The predicted octanol–water partition coefficient (Wildman–Crippen LogP) is 5.07. The molecule has 0 saturated carbocycles. The molecule has 2 aromatic heterocycles. The van der Waals surface area contributed by atoms with Gasteiger partial charge in [0.05, 0.1) is 22.9 Å². The number of halogens is 2. The van der Waals surface area contributed by atoms with Gasteiger partial charge in [-0.05, 0) is 42.5 Å². The van der Waals surface area contributed by atoms with Gasteiger partial charge < -0.3 is 14.2 Å². The van der Waals surface area contributed by atoms with E-state index in [1.54, 1.807) is 42.5 Å².